The van der Waals surface area contributed by atoms with Crippen molar-refractivity contribution in [2.24, 2.45) is 23.7 Å². The van der Waals surface area contributed by atoms with Gasteiger partial charge in [-0.05, 0) is 49.4 Å². The molecule has 0 saturated carbocycles. The van der Waals surface area contributed by atoms with Gasteiger partial charge < -0.3 is 33.8 Å². The van der Waals surface area contributed by atoms with Crippen LogP contribution in [0.15, 0.2) is 0 Å². The van der Waals surface area contributed by atoms with Gasteiger partial charge in [0.25, 0.3) is 0 Å². The van der Waals surface area contributed by atoms with Crippen LogP contribution in [0.3, 0.4) is 0 Å². The first-order valence-corrected chi connectivity index (χ1v) is 45.3. The summed E-state index contributed by atoms with van der Waals surface area (Å²) in [6, 6.07) is 0. The molecule has 0 aromatic rings. The Balaban J connectivity index is 5.15. The number of aliphatic hydroxyl groups is 1. The Kier molecular flexibility index (Phi) is 69.6. The lowest BCUT2D eigenvalue weighted by atomic mass is 9.99. The van der Waals surface area contributed by atoms with Crippen molar-refractivity contribution in [1.29, 1.82) is 0 Å². The van der Waals surface area contributed by atoms with E-state index in [0.29, 0.717) is 31.6 Å². The molecule has 0 aliphatic heterocycles. The van der Waals surface area contributed by atoms with Crippen LogP contribution in [-0.4, -0.2) is 96.7 Å². The van der Waals surface area contributed by atoms with E-state index < -0.39 is 97.5 Å². The lowest BCUT2D eigenvalue weighted by Crippen LogP contribution is -2.30. The summed E-state index contributed by atoms with van der Waals surface area (Å²) in [4.78, 5) is 73.0. The molecule has 0 heterocycles. The average molecular weight is 1480 g/mol. The summed E-state index contributed by atoms with van der Waals surface area (Å²) >= 11 is 0. The van der Waals surface area contributed by atoms with Crippen LogP contribution >= 0.6 is 15.6 Å². The van der Waals surface area contributed by atoms with Crippen LogP contribution in [0.1, 0.15) is 421 Å². The summed E-state index contributed by atoms with van der Waals surface area (Å²) in [6.45, 7) is 14.2. The van der Waals surface area contributed by atoms with Gasteiger partial charge in [-0.3, -0.25) is 37.3 Å². The number of aliphatic hydroxyl groups excluding tert-OH is 1. The molecule has 0 saturated heterocycles. The quantitative estimate of drug-likeness (QED) is 0.0222. The van der Waals surface area contributed by atoms with Crippen molar-refractivity contribution >= 4 is 39.5 Å². The van der Waals surface area contributed by atoms with Crippen molar-refractivity contribution in [3.63, 3.8) is 0 Å². The Morgan fingerprint density at radius 3 is 0.703 bits per heavy atom. The van der Waals surface area contributed by atoms with Gasteiger partial charge in [-0.2, -0.15) is 0 Å². The van der Waals surface area contributed by atoms with Gasteiger partial charge in [0.1, 0.15) is 19.3 Å². The molecule has 0 aromatic carbocycles. The number of phosphoric ester groups is 2. The van der Waals surface area contributed by atoms with Gasteiger partial charge in [-0.25, -0.2) is 9.13 Å². The number of esters is 4. The third-order valence-electron chi connectivity index (χ3n) is 19.8. The minimum atomic E-state index is -4.96. The molecule has 0 spiro atoms. The number of hydrogen-bond acceptors (Lipinski definition) is 15. The van der Waals surface area contributed by atoms with Crippen molar-refractivity contribution in [2.75, 3.05) is 39.6 Å². The molecule has 101 heavy (non-hydrogen) atoms. The third-order valence-corrected chi connectivity index (χ3v) is 21.7. The highest BCUT2D eigenvalue weighted by atomic mass is 31.2. The summed E-state index contributed by atoms with van der Waals surface area (Å²) in [5, 5.41) is 10.6. The normalized spacial score (nSPS) is 14.5. The Bertz CT molecular complexity index is 1980. The summed E-state index contributed by atoms with van der Waals surface area (Å²) in [6.07, 6.45) is 58.5. The fourth-order valence-electron chi connectivity index (χ4n) is 12.5. The molecule has 0 radical (unpaired) electrons. The molecule has 0 bridgehead atoms. The van der Waals surface area contributed by atoms with E-state index in [-0.39, 0.29) is 25.7 Å². The van der Waals surface area contributed by atoms with Gasteiger partial charge >= 0.3 is 39.5 Å². The number of ether oxygens (including phenoxy) is 4. The minimum Gasteiger partial charge on any atom is -0.462 e. The Hall–Kier alpha value is -1.94. The molecule has 7 atom stereocenters. The lowest BCUT2D eigenvalue weighted by Gasteiger charge is -2.21. The molecule has 0 rings (SSSR count). The summed E-state index contributed by atoms with van der Waals surface area (Å²) < 4.78 is 68.7. The number of phosphoric acid groups is 2. The number of rotatable bonds is 79. The first-order chi connectivity index (χ1) is 48.7. The second-order valence-corrected chi connectivity index (χ2v) is 33.9. The zero-order valence-electron chi connectivity index (χ0n) is 66.5. The predicted octanol–water partition coefficient (Wildman–Crippen LogP) is 24.4. The first-order valence-electron chi connectivity index (χ1n) is 42.3. The number of unbranched alkanes of at least 4 members (excludes halogenated alkanes) is 43. The van der Waals surface area contributed by atoms with Crippen molar-refractivity contribution < 1.29 is 80.2 Å². The van der Waals surface area contributed by atoms with Crippen LogP contribution < -0.4 is 0 Å². The van der Waals surface area contributed by atoms with Crippen molar-refractivity contribution in [3.8, 4) is 0 Å². The van der Waals surface area contributed by atoms with E-state index in [1.54, 1.807) is 0 Å². The fourth-order valence-corrected chi connectivity index (χ4v) is 14.1. The zero-order chi connectivity index (χ0) is 74.6. The van der Waals surface area contributed by atoms with E-state index in [9.17, 15) is 43.2 Å². The number of carbonyl (C=O) groups excluding carboxylic acids is 4. The first kappa shape index (κ1) is 99.1. The highest BCUT2D eigenvalue weighted by Crippen LogP contribution is 2.45. The van der Waals surface area contributed by atoms with E-state index in [2.05, 4.69) is 55.4 Å². The zero-order valence-corrected chi connectivity index (χ0v) is 68.3. The van der Waals surface area contributed by atoms with Crippen LogP contribution in [0.4, 0.5) is 0 Å². The van der Waals surface area contributed by atoms with Crippen LogP contribution in [0, 0.1) is 23.7 Å². The van der Waals surface area contributed by atoms with E-state index >= 15 is 0 Å². The molecular weight excluding hydrogens is 1320 g/mol. The maximum atomic E-state index is 13.1. The van der Waals surface area contributed by atoms with Crippen LogP contribution in [0.25, 0.3) is 0 Å². The number of carbonyl (C=O) groups is 4. The largest absolute Gasteiger partial charge is 0.472 e. The molecule has 0 aliphatic rings. The van der Waals surface area contributed by atoms with E-state index in [1.165, 1.54) is 212 Å². The molecule has 0 aromatic heterocycles. The maximum absolute atomic E-state index is 13.1. The molecule has 0 aliphatic carbocycles. The standard InChI is InChI=1S/C82H160O17P2/c1-9-74(7)60-52-44-36-30-26-22-18-13-11-12-14-19-23-27-31-37-48-56-64-81(86)98-77(68-92-79(84)62-54-46-39-33-35-43-51-59-73(5)6)70-96-100(88,89)94-66-76(83)67-95-101(90,91)97-71-78(69-93-80(85)63-55-47-41-40-45-53-61-75(8)10-2)99-82(87)65-57-49-38-32-28-24-20-16-15-17-21-25-29-34-42-50-58-72(3)4/h72-78,83H,9-71H2,1-8H3,(H,88,89)(H,90,91)/t74?,75?,76?,77-,78-/m1/s1. The minimum absolute atomic E-state index is 0.107. The van der Waals surface area contributed by atoms with E-state index in [0.717, 1.165) is 120 Å². The molecule has 0 fully saturated rings. The summed E-state index contributed by atoms with van der Waals surface area (Å²) in [7, 11) is -9.92. The Morgan fingerprint density at radius 2 is 0.475 bits per heavy atom. The van der Waals surface area contributed by atoms with Crippen LogP contribution in [-0.2, 0) is 65.4 Å². The average Bonchev–Trinajstić information content (AvgIpc) is 0.939. The summed E-state index contributed by atoms with van der Waals surface area (Å²) in [5.41, 5.74) is 0. The fraction of sp³-hybridized carbons (Fsp3) is 0.951. The molecule has 600 valence electrons. The van der Waals surface area contributed by atoms with Crippen LogP contribution in [0.5, 0.6) is 0 Å². The van der Waals surface area contributed by atoms with E-state index in [4.69, 9.17) is 37.0 Å². The molecular formula is C82H160O17P2. The van der Waals surface area contributed by atoms with E-state index in [1.807, 2.05) is 0 Å². The van der Waals surface area contributed by atoms with Gasteiger partial charge in [0.15, 0.2) is 12.2 Å². The summed E-state index contributed by atoms with van der Waals surface area (Å²) in [5.74, 6) is 0.999. The van der Waals surface area contributed by atoms with Gasteiger partial charge in [-0.15, -0.1) is 0 Å². The number of hydrogen-bond donors (Lipinski definition) is 3. The smallest absolute Gasteiger partial charge is 0.462 e. The van der Waals surface area contributed by atoms with Crippen LogP contribution in [0.2, 0.25) is 0 Å². The highest BCUT2D eigenvalue weighted by Gasteiger charge is 2.30. The second-order valence-electron chi connectivity index (χ2n) is 31.0. The van der Waals surface area contributed by atoms with Crippen molar-refractivity contribution in [3.05, 3.63) is 0 Å². The van der Waals surface area contributed by atoms with Gasteiger partial charge in [0.05, 0.1) is 26.4 Å². The predicted molar refractivity (Wildman–Crippen MR) is 414 cm³/mol. The Labute approximate surface area is 619 Å². The molecule has 17 nitrogen and oxygen atoms in total. The molecule has 3 N–H and O–H groups in total. The van der Waals surface area contributed by atoms with Gasteiger partial charge in [0.2, 0.25) is 0 Å². The maximum Gasteiger partial charge on any atom is 0.472 e. The Morgan fingerprint density at radius 1 is 0.277 bits per heavy atom. The third kappa shape index (κ3) is 73.4. The second kappa shape index (κ2) is 71.0. The lowest BCUT2D eigenvalue weighted by molar-refractivity contribution is -0.161. The van der Waals surface area contributed by atoms with Gasteiger partial charge in [0, 0.05) is 25.7 Å². The molecule has 0 amide bonds. The van der Waals surface area contributed by atoms with Crippen molar-refractivity contribution in [2.45, 2.75) is 440 Å². The monoisotopic (exact) mass is 1480 g/mol. The topological polar surface area (TPSA) is 237 Å². The van der Waals surface area contributed by atoms with Gasteiger partial charge in [-0.1, -0.05) is 370 Å². The highest BCUT2D eigenvalue weighted by molar-refractivity contribution is 7.47. The van der Waals surface area contributed by atoms with Crippen molar-refractivity contribution in [1.82, 2.24) is 0 Å². The molecule has 5 unspecified atom stereocenters. The SMILES string of the molecule is CCC(C)CCCCCCCCCCCCCCCCCCCCC(=O)O[C@H](COC(=O)CCCCCCCCCC(C)C)COP(=O)(O)OCC(O)COP(=O)(O)OC[C@@H](COC(=O)CCCCCCCCC(C)CC)OC(=O)CCCCCCCCCCCCCCCCCCC(C)C. The molecule has 19 heteroatoms.